The van der Waals surface area contributed by atoms with Gasteiger partial charge < -0.3 is 5.32 Å². The number of hydrogen-bond donors (Lipinski definition) is 2. The molecule has 1 N–H and O–H groups in total. The summed E-state index contributed by atoms with van der Waals surface area (Å²) < 4.78 is 0. The van der Waals surface area contributed by atoms with Gasteiger partial charge in [-0.3, -0.25) is 9.59 Å². The van der Waals surface area contributed by atoms with Crippen LogP contribution in [-0.2, 0) is 4.79 Å². The van der Waals surface area contributed by atoms with Crippen molar-refractivity contribution in [1.82, 2.24) is 5.32 Å². The molecule has 1 fully saturated rings. The molecule has 125 valence electrons. The first kappa shape index (κ1) is 18.6. The molecule has 0 bridgehead atoms. The molecule has 23 heavy (non-hydrogen) atoms. The lowest BCUT2D eigenvalue weighted by Crippen LogP contribution is -2.43. The molecular formula is C17H20Cl2NO2S. The standard InChI is InChI=1S/C17H20Cl2NO2S/c18-13-7-12(8-14(19)9-13)17(22)20-15(10-23)16(21)6-11-4-2-1-3-5-11/h6-9,11,15,23H,1-5,10H2,(H,20,22)/t15-/m1/s1. The predicted molar refractivity (Wildman–Crippen MR) is 97.5 cm³/mol. The molecule has 1 aliphatic carbocycles. The Hall–Kier alpha value is -0.710. The van der Waals surface area contributed by atoms with Crippen LogP contribution in [0.25, 0.3) is 0 Å². The van der Waals surface area contributed by atoms with E-state index in [2.05, 4.69) is 17.9 Å². The van der Waals surface area contributed by atoms with Crippen molar-refractivity contribution in [3.8, 4) is 0 Å². The first-order valence-electron chi connectivity index (χ1n) is 7.76. The molecule has 0 aliphatic heterocycles. The van der Waals surface area contributed by atoms with Crippen LogP contribution in [0, 0.1) is 12.3 Å². The van der Waals surface area contributed by atoms with E-state index in [9.17, 15) is 9.59 Å². The summed E-state index contributed by atoms with van der Waals surface area (Å²) in [5, 5.41) is 3.47. The van der Waals surface area contributed by atoms with Gasteiger partial charge in [-0.1, -0.05) is 42.5 Å². The number of carbonyl (C=O) groups excluding carboxylic acids is 2. The van der Waals surface area contributed by atoms with E-state index in [1.165, 1.54) is 18.6 Å². The molecule has 0 aromatic heterocycles. The fourth-order valence-corrected chi connectivity index (χ4v) is 3.58. The van der Waals surface area contributed by atoms with Gasteiger partial charge in [0.25, 0.3) is 5.91 Å². The number of ketones is 1. The first-order chi connectivity index (χ1) is 11.0. The van der Waals surface area contributed by atoms with Gasteiger partial charge in [-0.2, -0.15) is 12.6 Å². The van der Waals surface area contributed by atoms with Crippen LogP contribution < -0.4 is 5.32 Å². The van der Waals surface area contributed by atoms with E-state index in [4.69, 9.17) is 23.2 Å². The maximum absolute atomic E-state index is 12.4. The predicted octanol–water partition coefficient (Wildman–Crippen LogP) is 4.38. The van der Waals surface area contributed by atoms with Crippen molar-refractivity contribution in [2.24, 2.45) is 5.92 Å². The average molecular weight is 373 g/mol. The number of benzene rings is 1. The van der Waals surface area contributed by atoms with Crippen molar-refractivity contribution in [3.05, 3.63) is 40.2 Å². The zero-order valence-corrected chi connectivity index (χ0v) is 15.1. The highest BCUT2D eigenvalue weighted by Crippen LogP contribution is 2.26. The van der Waals surface area contributed by atoms with E-state index >= 15 is 0 Å². The van der Waals surface area contributed by atoms with E-state index in [0.29, 0.717) is 21.5 Å². The molecule has 0 spiro atoms. The van der Waals surface area contributed by atoms with Crippen LogP contribution in [0.2, 0.25) is 10.0 Å². The molecule has 1 aromatic rings. The van der Waals surface area contributed by atoms with Gasteiger partial charge in [-0.25, -0.2) is 0 Å². The average Bonchev–Trinajstić information content (AvgIpc) is 2.52. The third-order valence-electron chi connectivity index (χ3n) is 4.01. The lowest BCUT2D eigenvalue weighted by atomic mass is 9.85. The normalized spacial score (nSPS) is 16.8. The van der Waals surface area contributed by atoms with E-state index in [-0.39, 0.29) is 17.4 Å². The smallest absolute Gasteiger partial charge is 0.251 e. The Kier molecular flexibility index (Phi) is 7.25. The number of amides is 1. The third-order valence-corrected chi connectivity index (χ3v) is 4.81. The van der Waals surface area contributed by atoms with Gasteiger partial charge in [-0.15, -0.1) is 0 Å². The fraction of sp³-hybridized carbons (Fsp3) is 0.471. The highest BCUT2D eigenvalue weighted by molar-refractivity contribution is 7.80. The van der Waals surface area contributed by atoms with Gasteiger partial charge in [0.15, 0.2) is 5.78 Å². The monoisotopic (exact) mass is 372 g/mol. The van der Waals surface area contributed by atoms with Crippen LogP contribution in [0.15, 0.2) is 18.2 Å². The van der Waals surface area contributed by atoms with Crippen molar-refractivity contribution in [2.45, 2.75) is 38.1 Å². The number of rotatable bonds is 6. The number of thiol groups is 1. The summed E-state index contributed by atoms with van der Waals surface area (Å²) in [5.41, 5.74) is 0.333. The first-order valence-corrected chi connectivity index (χ1v) is 9.15. The summed E-state index contributed by atoms with van der Waals surface area (Å²) in [7, 11) is 0. The number of carbonyl (C=O) groups is 2. The third kappa shape index (κ3) is 5.70. The SMILES string of the molecule is O=C(N[C@H](CS)C(=O)[CH]C1CCCCC1)c1cc(Cl)cc(Cl)c1. The summed E-state index contributed by atoms with van der Waals surface area (Å²) in [6.07, 6.45) is 7.40. The molecule has 1 saturated carbocycles. The molecule has 1 atom stereocenters. The van der Waals surface area contributed by atoms with E-state index < -0.39 is 6.04 Å². The second-order valence-corrected chi connectivity index (χ2v) is 7.07. The van der Waals surface area contributed by atoms with Crippen molar-refractivity contribution in [2.75, 3.05) is 5.75 Å². The van der Waals surface area contributed by atoms with Gasteiger partial charge in [0.2, 0.25) is 0 Å². The van der Waals surface area contributed by atoms with Gasteiger partial charge in [0.1, 0.15) is 0 Å². The van der Waals surface area contributed by atoms with Crippen molar-refractivity contribution >= 4 is 47.5 Å². The van der Waals surface area contributed by atoms with Crippen LogP contribution in [0.3, 0.4) is 0 Å². The second kappa shape index (κ2) is 8.95. The molecule has 0 heterocycles. The van der Waals surface area contributed by atoms with Crippen molar-refractivity contribution < 1.29 is 9.59 Å². The lowest BCUT2D eigenvalue weighted by Gasteiger charge is -2.23. The Balaban J connectivity index is 1.97. The van der Waals surface area contributed by atoms with Crippen LogP contribution in [-0.4, -0.2) is 23.5 Å². The fourth-order valence-electron chi connectivity index (χ4n) is 2.78. The summed E-state index contributed by atoms with van der Waals surface area (Å²) >= 11 is 16.0. The lowest BCUT2D eigenvalue weighted by molar-refractivity contribution is -0.117. The topological polar surface area (TPSA) is 46.2 Å². The highest BCUT2D eigenvalue weighted by Gasteiger charge is 2.24. The number of hydrogen-bond acceptors (Lipinski definition) is 3. The maximum Gasteiger partial charge on any atom is 0.251 e. The summed E-state index contributed by atoms with van der Waals surface area (Å²) in [5.74, 6) is 0.116. The zero-order chi connectivity index (χ0) is 16.8. The van der Waals surface area contributed by atoms with Crippen LogP contribution in [0.1, 0.15) is 42.5 Å². The zero-order valence-electron chi connectivity index (χ0n) is 12.7. The molecule has 0 saturated heterocycles. The molecule has 1 aromatic carbocycles. The summed E-state index contributed by atoms with van der Waals surface area (Å²) in [6.45, 7) is 0. The largest absolute Gasteiger partial charge is 0.341 e. The molecule has 2 rings (SSSR count). The van der Waals surface area contributed by atoms with Crippen LogP contribution in [0.4, 0.5) is 0 Å². The quantitative estimate of drug-likeness (QED) is 0.727. The molecule has 0 unspecified atom stereocenters. The summed E-state index contributed by atoms with van der Waals surface area (Å²) in [4.78, 5) is 24.7. The minimum Gasteiger partial charge on any atom is -0.341 e. The van der Waals surface area contributed by atoms with E-state index in [1.54, 1.807) is 12.5 Å². The number of nitrogens with one attached hydrogen (secondary N) is 1. The van der Waals surface area contributed by atoms with Gasteiger partial charge >= 0.3 is 0 Å². The minimum absolute atomic E-state index is 0.0756. The van der Waals surface area contributed by atoms with Gasteiger partial charge in [0.05, 0.1) is 6.04 Å². The molecule has 6 heteroatoms. The second-order valence-electron chi connectivity index (χ2n) is 5.83. The van der Waals surface area contributed by atoms with Crippen LogP contribution in [0.5, 0.6) is 0 Å². The molecular weight excluding hydrogens is 353 g/mol. The van der Waals surface area contributed by atoms with Crippen molar-refractivity contribution in [3.63, 3.8) is 0 Å². The van der Waals surface area contributed by atoms with E-state index in [1.807, 2.05) is 0 Å². The molecule has 3 nitrogen and oxygen atoms in total. The summed E-state index contributed by atoms with van der Waals surface area (Å²) in [6, 6.07) is 3.96. The minimum atomic E-state index is -0.634. The Morgan fingerprint density at radius 2 is 1.78 bits per heavy atom. The Morgan fingerprint density at radius 3 is 2.35 bits per heavy atom. The number of Topliss-reactive ketones (excluding diaryl/α,β-unsaturated/α-hetero) is 1. The van der Waals surface area contributed by atoms with Crippen molar-refractivity contribution in [1.29, 1.82) is 0 Å². The highest BCUT2D eigenvalue weighted by atomic mass is 35.5. The maximum atomic E-state index is 12.4. The van der Waals surface area contributed by atoms with Gasteiger partial charge in [0, 0.05) is 27.8 Å². The molecule has 1 amide bonds. The van der Waals surface area contributed by atoms with Gasteiger partial charge in [-0.05, 0) is 37.0 Å². The Labute approximate surface area is 152 Å². The Morgan fingerprint density at radius 1 is 1.17 bits per heavy atom. The molecule has 1 aliphatic rings. The van der Waals surface area contributed by atoms with E-state index in [0.717, 1.165) is 25.7 Å². The van der Waals surface area contributed by atoms with Crippen LogP contribution >= 0.6 is 35.8 Å². The molecule has 1 radical (unpaired) electrons. The Bertz CT molecular complexity index is 553. The number of halogens is 2.